The van der Waals surface area contributed by atoms with E-state index < -0.39 is 0 Å². The fourth-order valence-corrected chi connectivity index (χ4v) is 3.97. The summed E-state index contributed by atoms with van der Waals surface area (Å²) in [6.07, 6.45) is 3.83. The second-order valence-corrected chi connectivity index (χ2v) is 7.58. The van der Waals surface area contributed by atoms with Gasteiger partial charge in [-0.2, -0.15) is 0 Å². The van der Waals surface area contributed by atoms with Gasteiger partial charge in [-0.25, -0.2) is 0 Å². The van der Waals surface area contributed by atoms with Gasteiger partial charge in [-0.05, 0) is 54.8 Å². The first kappa shape index (κ1) is 16.1. The van der Waals surface area contributed by atoms with Gasteiger partial charge in [0.05, 0.1) is 10.0 Å². The Morgan fingerprint density at radius 3 is 2.45 bits per heavy atom. The highest BCUT2D eigenvalue weighted by Crippen LogP contribution is 2.43. The van der Waals surface area contributed by atoms with Crippen LogP contribution in [0.1, 0.15) is 45.6 Å². The minimum absolute atomic E-state index is 0.0993. The zero-order valence-electron chi connectivity index (χ0n) is 12.8. The second-order valence-electron chi connectivity index (χ2n) is 6.77. The molecule has 0 saturated heterocycles. The van der Waals surface area contributed by atoms with Crippen LogP contribution >= 0.6 is 23.2 Å². The average molecular weight is 314 g/mol. The third-order valence-electron chi connectivity index (χ3n) is 5.07. The van der Waals surface area contributed by atoms with E-state index in [9.17, 15) is 0 Å². The van der Waals surface area contributed by atoms with Crippen molar-refractivity contribution in [1.29, 1.82) is 0 Å². The quantitative estimate of drug-likeness (QED) is 0.799. The van der Waals surface area contributed by atoms with E-state index in [0.717, 1.165) is 5.92 Å². The van der Waals surface area contributed by atoms with Gasteiger partial charge in [-0.3, -0.25) is 0 Å². The Labute approximate surface area is 133 Å². The number of hydrogen-bond donors (Lipinski definition) is 1. The Kier molecular flexibility index (Phi) is 5.05. The van der Waals surface area contributed by atoms with Crippen LogP contribution in [0.3, 0.4) is 0 Å². The largest absolute Gasteiger partial charge is 0.317 e. The Bertz CT molecular complexity index is 470. The fraction of sp³-hybridized carbons (Fsp3) is 0.647. The summed E-state index contributed by atoms with van der Waals surface area (Å²) in [5.41, 5.74) is 1.38. The maximum atomic E-state index is 6.20. The molecule has 20 heavy (non-hydrogen) atoms. The molecule has 2 rings (SSSR count). The summed E-state index contributed by atoms with van der Waals surface area (Å²) in [6, 6.07) is 6.65. The van der Waals surface area contributed by atoms with Gasteiger partial charge < -0.3 is 5.32 Å². The molecule has 1 aliphatic rings. The second kappa shape index (κ2) is 6.25. The molecular weight excluding hydrogens is 289 g/mol. The predicted octanol–water partition coefficient (Wildman–Crippen LogP) is 5.30. The summed E-state index contributed by atoms with van der Waals surface area (Å²) in [7, 11) is 2.08. The van der Waals surface area contributed by atoms with Gasteiger partial charge in [0, 0.05) is 6.04 Å². The van der Waals surface area contributed by atoms with E-state index >= 15 is 0 Å². The molecule has 1 aromatic rings. The minimum Gasteiger partial charge on any atom is -0.317 e. The van der Waals surface area contributed by atoms with Gasteiger partial charge in [0.2, 0.25) is 0 Å². The van der Waals surface area contributed by atoms with Crippen molar-refractivity contribution in [2.75, 3.05) is 7.05 Å². The molecular formula is C17H25Cl2N. The van der Waals surface area contributed by atoms with E-state index in [1.54, 1.807) is 0 Å². The van der Waals surface area contributed by atoms with E-state index in [1.807, 2.05) is 12.1 Å². The molecule has 0 amide bonds. The van der Waals surface area contributed by atoms with Crippen molar-refractivity contribution in [1.82, 2.24) is 5.32 Å². The van der Waals surface area contributed by atoms with Crippen molar-refractivity contribution in [2.24, 2.45) is 11.8 Å². The number of halogens is 2. The van der Waals surface area contributed by atoms with Gasteiger partial charge >= 0.3 is 0 Å². The molecule has 0 bridgehead atoms. The maximum Gasteiger partial charge on any atom is 0.0595 e. The highest BCUT2D eigenvalue weighted by molar-refractivity contribution is 6.42. The fourth-order valence-electron chi connectivity index (χ4n) is 3.67. The molecule has 3 atom stereocenters. The number of rotatable bonds is 3. The molecule has 0 heterocycles. The topological polar surface area (TPSA) is 12.0 Å². The molecule has 3 heteroatoms. The summed E-state index contributed by atoms with van der Waals surface area (Å²) in [6.45, 7) is 7.02. The SMILES string of the molecule is CNC1CC(C)CCC1C(C)(C)c1ccc(Cl)c(Cl)c1. The first-order chi connectivity index (χ1) is 9.36. The molecule has 0 aliphatic heterocycles. The minimum atomic E-state index is 0.0993. The van der Waals surface area contributed by atoms with Crippen LogP contribution in [-0.4, -0.2) is 13.1 Å². The Hall–Kier alpha value is -0.240. The van der Waals surface area contributed by atoms with E-state index in [-0.39, 0.29) is 5.41 Å². The zero-order chi connectivity index (χ0) is 14.9. The summed E-state index contributed by atoms with van der Waals surface area (Å²) in [5.74, 6) is 1.44. The molecule has 1 aromatic carbocycles. The smallest absolute Gasteiger partial charge is 0.0595 e. The third kappa shape index (κ3) is 3.16. The van der Waals surface area contributed by atoms with Crippen molar-refractivity contribution in [3.05, 3.63) is 33.8 Å². The Morgan fingerprint density at radius 2 is 1.85 bits per heavy atom. The molecule has 0 aromatic heterocycles. The molecule has 1 nitrogen and oxygen atoms in total. The van der Waals surface area contributed by atoms with Crippen molar-refractivity contribution < 1.29 is 0 Å². The lowest BCUT2D eigenvalue weighted by molar-refractivity contribution is 0.151. The zero-order valence-corrected chi connectivity index (χ0v) is 14.4. The van der Waals surface area contributed by atoms with Gasteiger partial charge in [0.1, 0.15) is 0 Å². The van der Waals surface area contributed by atoms with Crippen LogP contribution in [-0.2, 0) is 5.41 Å². The third-order valence-corrected chi connectivity index (χ3v) is 5.81. The van der Waals surface area contributed by atoms with Gasteiger partial charge in [0.15, 0.2) is 0 Å². The van der Waals surface area contributed by atoms with Crippen LogP contribution in [0, 0.1) is 11.8 Å². The van der Waals surface area contributed by atoms with Crippen molar-refractivity contribution in [2.45, 2.75) is 51.5 Å². The van der Waals surface area contributed by atoms with Crippen LogP contribution in [0.2, 0.25) is 10.0 Å². The number of benzene rings is 1. The highest BCUT2D eigenvalue weighted by atomic mass is 35.5. The lowest BCUT2D eigenvalue weighted by Gasteiger charge is -2.44. The standard InChI is InChI=1S/C17H25Cl2N/c1-11-5-7-13(16(9-11)20-4)17(2,3)12-6-8-14(18)15(19)10-12/h6,8,10-11,13,16,20H,5,7,9H2,1-4H3. The molecule has 1 N–H and O–H groups in total. The molecule has 0 spiro atoms. The first-order valence-corrected chi connectivity index (χ1v) is 8.24. The molecule has 3 unspecified atom stereocenters. The van der Waals surface area contributed by atoms with Gasteiger partial charge in [0.25, 0.3) is 0 Å². The number of hydrogen-bond acceptors (Lipinski definition) is 1. The van der Waals surface area contributed by atoms with Crippen LogP contribution in [0.5, 0.6) is 0 Å². The lowest BCUT2D eigenvalue weighted by Crippen LogP contribution is -2.47. The normalized spacial score (nSPS) is 27.6. The van der Waals surface area contributed by atoms with Gasteiger partial charge in [-0.15, -0.1) is 0 Å². The van der Waals surface area contributed by atoms with Gasteiger partial charge in [-0.1, -0.05) is 56.5 Å². The van der Waals surface area contributed by atoms with Crippen molar-refractivity contribution in [3.8, 4) is 0 Å². The van der Waals surface area contributed by atoms with E-state index in [2.05, 4.69) is 39.2 Å². The summed E-state index contributed by atoms with van der Waals surface area (Å²) < 4.78 is 0. The average Bonchev–Trinajstić information content (AvgIpc) is 2.41. The predicted molar refractivity (Wildman–Crippen MR) is 88.8 cm³/mol. The molecule has 1 aliphatic carbocycles. The van der Waals surface area contributed by atoms with Crippen molar-refractivity contribution in [3.63, 3.8) is 0 Å². The van der Waals surface area contributed by atoms with Crippen molar-refractivity contribution >= 4 is 23.2 Å². The van der Waals surface area contributed by atoms with Crippen LogP contribution < -0.4 is 5.32 Å². The molecule has 1 saturated carbocycles. The summed E-state index contributed by atoms with van der Waals surface area (Å²) in [4.78, 5) is 0. The van der Waals surface area contributed by atoms with Crippen LogP contribution in [0.25, 0.3) is 0 Å². The molecule has 1 fully saturated rings. The van der Waals surface area contributed by atoms with Crippen LogP contribution in [0.4, 0.5) is 0 Å². The van der Waals surface area contributed by atoms with Crippen LogP contribution in [0.15, 0.2) is 18.2 Å². The summed E-state index contributed by atoms with van der Waals surface area (Å²) >= 11 is 12.3. The monoisotopic (exact) mass is 313 g/mol. The van der Waals surface area contributed by atoms with E-state index in [4.69, 9.17) is 23.2 Å². The Balaban J connectivity index is 2.30. The van der Waals surface area contributed by atoms with E-state index in [0.29, 0.717) is 22.0 Å². The Morgan fingerprint density at radius 1 is 1.15 bits per heavy atom. The first-order valence-electron chi connectivity index (χ1n) is 7.49. The lowest BCUT2D eigenvalue weighted by atomic mass is 9.63. The van der Waals surface area contributed by atoms with E-state index in [1.165, 1.54) is 24.8 Å². The molecule has 112 valence electrons. The highest BCUT2D eigenvalue weighted by Gasteiger charge is 2.39. The molecule has 0 radical (unpaired) electrons. The summed E-state index contributed by atoms with van der Waals surface area (Å²) in [5, 5.41) is 4.82. The maximum absolute atomic E-state index is 6.20. The number of nitrogens with one attached hydrogen (secondary N) is 1.